The molecule has 0 fully saturated rings. The SMILES string of the molecule is O=C(Nc1nc2c(s1)CC(c1ccccc1)CC2)C1CCn2ccnc2C1. The van der Waals surface area contributed by atoms with Crippen LogP contribution in [0.4, 0.5) is 5.13 Å². The van der Waals surface area contributed by atoms with Crippen LogP contribution in [0, 0.1) is 5.92 Å². The molecule has 0 saturated carbocycles. The molecule has 1 aliphatic heterocycles. The third kappa shape index (κ3) is 3.30. The molecule has 1 amide bonds. The summed E-state index contributed by atoms with van der Waals surface area (Å²) in [4.78, 5) is 23.1. The number of nitrogens with zero attached hydrogens (tertiary/aromatic N) is 3. The molecule has 1 N–H and O–H groups in total. The van der Waals surface area contributed by atoms with Gasteiger partial charge in [-0.15, -0.1) is 11.3 Å². The molecule has 5 nitrogen and oxygen atoms in total. The number of hydrogen-bond donors (Lipinski definition) is 1. The maximum Gasteiger partial charge on any atom is 0.229 e. The zero-order chi connectivity index (χ0) is 18.2. The van der Waals surface area contributed by atoms with Gasteiger partial charge >= 0.3 is 0 Å². The monoisotopic (exact) mass is 378 g/mol. The highest BCUT2D eigenvalue weighted by Gasteiger charge is 2.28. The fourth-order valence-electron chi connectivity index (χ4n) is 4.22. The molecule has 138 valence electrons. The summed E-state index contributed by atoms with van der Waals surface area (Å²) in [5.41, 5.74) is 2.57. The van der Waals surface area contributed by atoms with Gasteiger partial charge in [0, 0.05) is 36.2 Å². The van der Waals surface area contributed by atoms with Gasteiger partial charge in [-0.1, -0.05) is 30.3 Å². The number of benzene rings is 1. The fourth-order valence-corrected chi connectivity index (χ4v) is 5.31. The molecule has 3 heterocycles. The van der Waals surface area contributed by atoms with Gasteiger partial charge in [0.05, 0.1) is 5.69 Å². The Morgan fingerprint density at radius 1 is 1.19 bits per heavy atom. The van der Waals surface area contributed by atoms with Gasteiger partial charge in [-0.25, -0.2) is 9.97 Å². The summed E-state index contributed by atoms with van der Waals surface area (Å²) in [6.07, 6.45) is 8.50. The second-order valence-corrected chi connectivity index (χ2v) is 8.54. The lowest BCUT2D eigenvalue weighted by atomic mass is 9.85. The summed E-state index contributed by atoms with van der Waals surface area (Å²) in [6, 6.07) is 10.7. The second-order valence-electron chi connectivity index (χ2n) is 7.46. The van der Waals surface area contributed by atoms with E-state index in [9.17, 15) is 4.79 Å². The zero-order valence-corrected chi connectivity index (χ0v) is 15.9. The van der Waals surface area contributed by atoms with E-state index in [-0.39, 0.29) is 11.8 Å². The van der Waals surface area contributed by atoms with Gasteiger partial charge in [-0.3, -0.25) is 4.79 Å². The molecule has 2 aliphatic rings. The van der Waals surface area contributed by atoms with Gasteiger partial charge in [-0.05, 0) is 37.2 Å². The van der Waals surface area contributed by atoms with Crippen LogP contribution in [-0.4, -0.2) is 20.4 Å². The van der Waals surface area contributed by atoms with Crippen LogP contribution in [0.2, 0.25) is 0 Å². The maximum absolute atomic E-state index is 12.7. The average Bonchev–Trinajstić information content (AvgIpc) is 3.33. The molecule has 6 heteroatoms. The quantitative estimate of drug-likeness (QED) is 0.754. The van der Waals surface area contributed by atoms with Crippen LogP contribution in [0.3, 0.4) is 0 Å². The molecule has 0 spiro atoms. The Kier molecular flexibility index (Phi) is 4.28. The van der Waals surface area contributed by atoms with E-state index in [1.807, 2.05) is 12.4 Å². The minimum atomic E-state index is -0.0158. The molecule has 5 rings (SSSR count). The standard InChI is InChI=1S/C21H22N4OS/c26-20(16-8-10-25-11-9-22-19(25)13-16)24-21-23-17-7-6-15(12-18(17)27-21)14-4-2-1-3-5-14/h1-5,9,11,15-16H,6-8,10,12-13H2,(H,23,24,26). The van der Waals surface area contributed by atoms with Crippen molar-refractivity contribution in [3.63, 3.8) is 0 Å². The van der Waals surface area contributed by atoms with E-state index < -0.39 is 0 Å². The maximum atomic E-state index is 12.7. The van der Waals surface area contributed by atoms with E-state index in [0.29, 0.717) is 12.3 Å². The van der Waals surface area contributed by atoms with Crippen LogP contribution >= 0.6 is 11.3 Å². The highest BCUT2D eigenvalue weighted by Crippen LogP contribution is 2.37. The lowest BCUT2D eigenvalue weighted by molar-refractivity contribution is -0.120. The third-order valence-electron chi connectivity index (χ3n) is 5.76. The molecule has 2 unspecified atom stereocenters. The number of amides is 1. The Labute approximate surface area is 162 Å². The molecular formula is C21H22N4OS. The first-order chi connectivity index (χ1) is 13.3. The molecule has 1 aromatic carbocycles. The van der Waals surface area contributed by atoms with Crippen LogP contribution in [0.1, 0.15) is 40.7 Å². The van der Waals surface area contributed by atoms with E-state index >= 15 is 0 Å². The van der Waals surface area contributed by atoms with Gasteiger partial charge in [0.2, 0.25) is 5.91 Å². The van der Waals surface area contributed by atoms with E-state index in [2.05, 4.69) is 45.2 Å². The number of hydrogen-bond acceptors (Lipinski definition) is 4. The molecule has 2 aromatic heterocycles. The van der Waals surface area contributed by atoms with Crippen molar-refractivity contribution in [3.8, 4) is 0 Å². The Morgan fingerprint density at radius 2 is 2.07 bits per heavy atom. The van der Waals surface area contributed by atoms with Crippen molar-refractivity contribution in [1.82, 2.24) is 14.5 Å². The van der Waals surface area contributed by atoms with Gasteiger partial charge in [0.15, 0.2) is 5.13 Å². The van der Waals surface area contributed by atoms with E-state index in [1.54, 1.807) is 11.3 Å². The van der Waals surface area contributed by atoms with Crippen molar-refractivity contribution in [2.24, 2.45) is 5.92 Å². The van der Waals surface area contributed by atoms with Gasteiger partial charge < -0.3 is 9.88 Å². The lowest BCUT2D eigenvalue weighted by Crippen LogP contribution is -2.30. The lowest BCUT2D eigenvalue weighted by Gasteiger charge is -2.21. The molecule has 3 aromatic rings. The summed E-state index contributed by atoms with van der Waals surface area (Å²) in [7, 11) is 0. The first-order valence-electron chi connectivity index (χ1n) is 9.60. The van der Waals surface area contributed by atoms with Crippen LogP contribution in [0.5, 0.6) is 0 Å². The molecule has 2 atom stereocenters. The number of carbonyl (C=O) groups is 1. The smallest absolute Gasteiger partial charge is 0.229 e. The summed E-state index contributed by atoms with van der Waals surface area (Å²) in [5.74, 6) is 1.62. The van der Waals surface area contributed by atoms with Crippen molar-refractivity contribution in [2.45, 2.75) is 44.6 Å². The molecule has 0 bridgehead atoms. The number of thiazole rings is 1. The first kappa shape index (κ1) is 16.7. The number of rotatable bonds is 3. The van der Waals surface area contributed by atoms with E-state index in [4.69, 9.17) is 4.98 Å². The van der Waals surface area contributed by atoms with Crippen molar-refractivity contribution in [2.75, 3.05) is 5.32 Å². The molecule has 0 saturated heterocycles. The van der Waals surface area contributed by atoms with Crippen LogP contribution in [0.15, 0.2) is 42.7 Å². The van der Waals surface area contributed by atoms with Crippen molar-refractivity contribution in [3.05, 3.63) is 64.7 Å². The topological polar surface area (TPSA) is 59.8 Å². The van der Waals surface area contributed by atoms with Crippen molar-refractivity contribution >= 4 is 22.4 Å². The fraction of sp³-hybridized carbons (Fsp3) is 0.381. The number of nitrogens with one attached hydrogen (secondary N) is 1. The van der Waals surface area contributed by atoms with Crippen LogP contribution in [0.25, 0.3) is 0 Å². The minimum absolute atomic E-state index is 0.0158. The molecular weight excluding hydrogens is 356 g/mol. The molecule has 27 heavy (non-hydrogen) atoms. The van der Waals surface area contributed by atoms with Gasteiger partial charge in [0.25, 0.3) is 0 Å². The summed E-state index contributed by atoms with van der Waals surface area (Å²) in [5, 5.41) is 3.83. The second kappa shape index (κ2) is 6.93. The third-order valence-corrected chi connectivity index (χ3v) is 6.80. The average molecular weight is 379 g/mol. The predicted molar refractivity (Wildman–Crippen MR) is 106 cm³/mol. The Balaban J connectivity index is 1.27. The summed E-state index contributed by atoms with van der Waals surface area (Å²) in [6.45, 7) is 0.862. The normalized spacial score (nSPS) is 21.3. The zero-order valence-electron chi connectivity index (χ0n) is 15.1. The highest BCUT2D eigenvalue weighted by atomic mass is 32.1. The largest absolute Gasteiger partial charge is 0.335 e. The number of fused-ring (bicyclic) bond motifs is 2. The molecule has 1 aliphatic carbocycles. The van der Waals surface area contributed by atoms with Crippen molar-refractivity contribution in [1.29, 1.82) is 0 Å². The number of aryl methyl sites for hydroxylation is 2. The Bertz CT molecular complexity index is 962. The van der Waals surface area contributed by atoms with Gasteiger partial charge in [-0.2, -0.15) is 0 Å². The number of carbonyl (C=O) groups excluding carboxylic acids is 1. The highest BCUT2D eigenvalue weighted by molar-refractivity contribution is 7.15. The van der Waals surface area contributed by atoms with E-state index in [1.165, 1.54) is 16.1 Å². The van der Waals surface area contributed by atoms with Crippen molar-refractivity contribution < 1.29 is 4.79 Å². The van der Waals surface area contributed by atoms with Gasteiger partial charge in [0.1, 0.15) is 5.82 Å². The number of aromatic nitrogens is 3. The van der Waals surface area contributed by atoms with Crippen LogP contribution in [-0.2, 0) is 30.6 Å². The first-order valence-corrected chi connectivity index (χ1v) is 10.4. The summed E-state index contributed by atoms with van der Waals surface area (Å²) < 4.78 is 2.13. The molecule has 0 radical (unpaired) electrons. The Morgan fingerprint density at radius 3 is 2.96 bits per heavy atom. The van der Waals surface area contributed by atoms with E-state index in [0.717, 1.165) is 43.2 Å². The number of anilines is 1. The Hall–Kier alpha value is -2.47. The number of imidazole rings is 1. The predicted octanol–water partition coefficient (Wildman–Crippen LogP) is 3.81. The van der Waals surface area contributed by atoms with Crippen LogP contribution < -0.4 is 5.32 Å². The minimum Gasteiger partial charge on any atom is -0.335 e. The summed E-state index contributed by atoms with van der Waals surface area (Å²) >= 11 is 1.65.